The third-order valence-corrected chi connectivity index (χ3v) is 5.44. The van der Waals surface area contributed by atoms with E-state index in [0.29, 0.717) is 17.8 Å². The Hall–Kier alpha value is -0.0500. The molecule has 2 nitrogen and oxygen atoms in total. The molecule has 0 N–H and O–H groups in total. The molecule has 1 aliphatic rings. The lowest BCUT2D eigenvalue weighted by molar-refractivity contribution is -0.160. The minimum Gasteiger partial charge on any atom is -0.462 e. The Morgan fingerprint density at radius 1 is 1.35 bits per heavy atom. The molecule has 0 aromatic carbocycles. The van der Waals surface area contributed by atoms with Crippen LogP contribution in [0.3, 0.4) is 0 Å². The molecule has 118 valence electrons. The van der Waals surface area contributed by atoms with Gasteiger partial charge < -0.3 is 4.74 Å². The monoisotopic (exact) mass is 346 g/mol. The Morgan fingerprint density at radius 3 is 2.60 bits per heavy atom. The van der Waals surface area contributed by atoms with Crippen LogP contribution >= 0.6 is 15.9 Å². The molecule has 0 aliphatic heterocycles. The van der Waals surface area contributed by atoms with Crippen molar-refractivity contribution in [2.24, 2.45) is 23.7 Å². The molecule has 0 saturated heterocycles. The number of rotatable bonds is 7. The molecule has 20 heavy (non-hydrogen) atoms. The molecule has 1 saturated carbocycles. The molecule has 1 fully saturated rings. The zero-order valence-electron chi connectivity index (χ0n) is 13.5. The molecule has 1 unspecified atom stereocenters. The lowest BCUT2D eigenvalue weighted by atomic mass is 9.75. The van der Waals surface area contributed by atoms with Gasteiger partial charge in [0, 0.05) is 5.33 Å². The van der Waals surface area contributed by atoms with Gasteiger partial charge in [0.25, 0.3) is 0 Å². The molecule has 0 heterocycles. The van der Waals surface area contributed by atoms with Gasteiger partial charge >= 0.3 is 5.97 Å². The molecule has 1 aliphatic carbocycles. The van der Waals surface area contributed by atoms with Crippen molar-refractivity contribution >= 4 is 21.9 Å². The fourth-order valence-electron chi connectivity index (χ4n) is 3.20. The summed E-state index contributed by atoms with van der Waals surface area (Å²) >= 11 is 3.47. The van der Waals surface area contributed by atoms with Crippen molar-refractivity contribution in [1.29, 1.82) is 0 Å². The first-order chi connectivity index (χ1) is 9.49. The van der Waals surface area contributed by atoms with E-state index in [2.05, 4.69) is 43.6 Å². The predicted molar refractivity (Wildman–Crippen MR) is 88.0 cm³/mol. The molecule has 0 spiro atoms. The maximum absolute atomic E-state index is 12.4. The standard InChI is InChI=1S/C17H31BrO2/c1-5-6-7-14(11-18)17(19)20-16-10-13(4)8-9-15(16)12(2)3/h12-16H,5-11H2,1-4H3/t13-,14?,15+,16-/m1/s1. The van der Waals surface area contributed by atoms with Crippen molar-refractivity contribution in [1.82, 2.24) is 0 Å². The smallest absolute Gasteiger partial charge is 0.310 e. The quantitative estimate of drug-likeness (QED) is 0.468. The zero-order chi connectivity index (χ0) is 15.1. The predicted octanol–water partition coefficient (Wildman–Crippen LogP) is 5.19. The van der Waals surface area contributed by atoms with E-state index in [1.165, 1.54) is 12.8 Å². The van der Waals surface area contributed by atoms with Crippen molar-refractivity contribution in [3.8, 4) is 0 Å². The second-order valence-corrected chi connectivity index (χ2v) is 7.44. The van der Waals surface area contributed by atoms with E-state index in [9.17, 15) is 4.79 Å². The highest BCUT2D eigenvalue weighted by Gasteiger charge is 2.34. The highest BCUT2D eigenvalue weighted by Crippen LogP contribution is 2.35. The number of hydrogen-bond donors (Lipinski definition) is 0. The zero-order valence-corrected chi connectivity index (χ0v) is 15.1. The molecule has 0 bridgehead atoms. The van der Waals surface area contributed by atoms with Gasteiger partial charge in [0.05, 0.1) is 5.92 Å². The molecular formula is C17H31BrO2. The Bertz CT molecular complexity index is 291. The Kier molecular flexibility index (Phi) is 8.16. The SMILES string of the molecule is CCCCC(CBr)C(=O)O[C@@H]1C[C@H](C)CC[C@H]1C(C)C. The van der Waals surface area contributed by atoms with Crippen molar-refractivity contribution in [3.05, 3.63) is 0 Å². The van der Waals surface area contributed by atoms with Gasteiger partial charge in [-0.1, -0.05) is 62.9 Å². The number of unbranched alkanes of at least 4 members (excludes halogenated alkanes) is 1. The maximum atomic E-state index is 12.4. The number of hydrogen-bond acceptors (Lipinski definition) is 2. The average molecular weight is 347 g/mol. The fraction of sp³-hybridized carbons (Fsp3) is 0.941. The van der Waals surface area contributed by atoms with Crippen LogP contribution in [0.1, 0.15) is 66.2 Å². The second-order valence-electron chi connectivity index (χ2n) is 6.79. The summed E-state index contributed by atoms with van der Waals surface area (Å²) in [5.74, 6) is 1.86. The van der Waals surface area contributed by atoms with E-state index in [0.717, 1.165) is 31.0 Å². The Labute approximate surface area is 133 Å². The van der Waals surface area contributed by atoms with Crippen LogP contribution in [0.25, 0.3) is 0 Å². The summed E-state index contributed by atoms with van der Waals surface area (Å²) in [5, 5.41) is 0.723. The second kappa shape index (κ2) is 9.07. The number of carbonyl (C=O) groups excluding carboxylic acids is 1. The fourth-order valence-corrected chi connectivity index (χ4v) is 3.79. The molecule has 0 radical (unpaired) electrons. The third-order valence-electron chi connectivity index (χ3n) is 4.65. The van der Waals surface area contributed by atoms with E-state index < -0.39 is 0 Å². The lowest BCUT2D eigenvalue weighted by Crippen LogP contribution is -2.37. The van der Waals surface area contributed by atoms with Gasteiger partial charge in [-0.25, -0.2) is 0 Å². The van der Waals surface area contributed by atoms with E-state index >= 15 is 0 Å². The van der Waals surface area contributed by atoms with Crippen LogP contribution < -0.4 is 0 Å². The van der Waals surface area contributed by atoms with Crippen LogP contribution in [-0.4, -0.2) is 17.4 Å². The highest BCUT2D eigenvalue weighted by atomic mass is 79.9. The summed E-state index contributed by atoms with van der Waals surface area (Å²) in [6.45, 7) is 8.94. The van der Waals surface area contributed by atoms with Crippen LogP contribution in [0, 0.1) is 23.7 Å². The summed E-state index contributed by atoms with van der Waals surface area (Å²) in [6, 6.07) is 0. The highest BCUT2D eigenvalue weighted by molar-refractivity contribution is 9.09. The molecule has 0 amide bonds. The first-order valence-electron chi connectivity index (χ1n) is 8.26. The van der Waals surface area contributed by atoms with Crippen molar-refractivity contribution in [2.75, 3.05) is 5.33 Å². The maximum Gasteiger partial charge on any atom is 0.310 e. The van der Waals surface area contributed by atoms with Gasteiger partial charge in [-0.15, -0.1) is 0 Å². The van der Waals surface area contributed by atoms with Crippen molar-refractivity contribution < 1.29 is 9.53 Å². The van der Waals surface area contributed by atoms with E-state index in [4.69, 9.17) is 4.74 Å². The minimum atomic E-state index is 0.0140. The van der Waals surface area contributed by atoms with E-state index in [1.807, 2.05) is 0 Å². The topological polar surface area (TPSA) is 26.3 Å². The van der Waals surface area contributed by atoms with Crippen LogP contribution in [0.15, 0.2) is 0 Å². The number of alkyl halides is 1. The van der Waals surface area contributed by atoms with Crippen molar-refractivity contribution in [3.63, 3.8) is 0 Å². The summed E-state index contributed by atoms with van der Waals surface area (Å²) < 4.78 is 5.92. The number of halogens is 1. The normalized spacial score (nSPS) is 28.4. The van der Waals surface area contributed by atoms with Crippen LogP contribution in [0.2, 0.25) is 0 Å². The summed E-state index contributed by atoms with van der Waals surface area (Å²) in [6.07, 6.45) is 6.81. The van der Waals surface area contributed by atoms with Gasteiger partial charge in [-0.3, -0.25) is 4.79 Å². The van der Waals surface area contributed by atoms with Crippen LogP contribution in [0.5, 0.6) is 0 Å². The van der Waals surface area contributed by atoms with Crippen LogP contribution in [0.4, 0.5) is 0 Å². The van der Waals surface area contributed by atoms with Gasteiger partial charge in [0.2, 0.25) is 0 Å². The summed E-state index contributed by atoms with van der Waals surface area (Å²) in [4.78, 5) is 12.4. The summed E-state index contributed by atoms with van der Waals surface area (Å²) in [5.41, 5.74) is 0. The molecule has 0 aromatic rings. The number of esters is 1. The largest absolute Gasteiger partial charge is 0.462 e. The minimum absolute atomic E-state index is 0.0140. The summed E-state index contributed by atoms with van der Waals surface area (Å²) in [7, 11) is 0. The average Bonchev–Trinajstić information content (AvgIpc) is 2.39. The van der Waals surface area contributed by atoms with Crippen molar-refractivity contribution in [2.45, 2.75) is 72.3 Å². The van der Waals surface area contributed by atoms with Gasteiger partial charge in [-0.05, 0) is 37.0 Å². The van der Waals surface area contributed by atoms with Gasteiger partial charge in [-0.2, -0.15) is 0 Å². The van der Waals surface area contributed by atoms with E-state index in [-0.39, 0.29) is 18.0 Å². The van der Waals surface area contributed by atoms with Gasteiger partial charge in [0.1, 0.15) is 6.10 Å². The molecule has 0 aromatic heterocycles. The van der Waals surface area contributed by atoms with E-state index in [1.54, 1.807) is 0 Å². The van der Waals surface area contributed by atoms with Crippen LogP contribution in [-0.2, 0) is 9.53 Å². The molecule has 1 rings (SSSR count). The number of ether oxygens (including phenoxy) is 1. The number of carbonyl (C=O) groups is 1. The first-order valence-corrected chi connectivity index (χ1v) is 9.38. The third kappa shape index (κ3) is 5.38. The Balaban J connectivity index is 2.59. The molecular weight excluding hydrogens is 316 g/mol. The Morgan fingerprint density at radius 2 is 2.05 bits per heavy atom. The molecule has 3 heteroatoms. The lowest BCUT2D eigenvalue weighted by Gasteiger charge is -2.37. The van der Waals surface area contributed by atoms with Gasteiger partial charge in [0.15, 0.2) is 0 Å². The first kappa shape index (κ1) is 18.0. The molecule has 4 atom stereocenters.